The van der Waals surface area contributed by atoms with Gasteiger partial charge in [0.05, 0.1) is 11.5 Å². The zero-order valence-corrected chi connectivity index (χ0v) is 14.2. The minimum atomic E-state index is -0.776. The van der Waals surface area contributed by atoms with Crippen LogP contribution in [0.5, 0.6) is 0 Å². The molecular weight excluding hydrogens is 342 g/mol. The number of pyridine rings is 1. The fraction of sp³-hybridized carbons (Fsp3) is 0.278. The van der Waals surface area contributed by atoms with Gasteiger partial charge in [0.25, 0.3) is 5.91 Å². The van der Waals surface area contributed by atoms with Gasteiger partial charge in [-0.3, -0.25) is 9.59 Å². The van der Waals surface area contributed by atoms with E-state index in [1.165, 1.54) is 6.20 Å². The van der Waals surface area contributed by atoms with E-state index >= 15 is 0 Å². The third kappa shape index (κ3) is 4.28. The molecule has 0 radical (unpaired) electrons. The summed E-state index contributed by atoms with van der Waals surface area (Å²) in [7, 11) is 0. The zero-order chi connectivity index (χ0) is 17.8. The monoisotopic (exact) mass is 359 g/mol. The van der Waals surface area contributed by atoms with Crippen LogP contribution in [-0.2, 0) is 4.79 Å². The number of hydrogen-bond acceptors (Lipinski definition) is 4. The molecular formula is C18H18ClN3O3. The van der Waals surface area contributed by atoms with E-state index in [2.05, 4.69) is 10.3 Å². The molecule has 2 heterocycles. The number of carboxylic acids is 1. The maximum absolute atomic E-state index is 12.3. The summed E-state index contributed by atoms with van der Waals surface area (Å²) < 4.78 is 0. The van der Waals surface area contributed by atoms with Crippen LogP contribution in [0.15, 0.2) is 42.6 Å². The summed E-state index contributed by atoms with van der Waals surface area (Å²) in [5.74, 6) is -0.739. The van der Waals surface area contributed by atoms with E-state index in [4.69, 9.17) is 11.6 Å². The highest BCUT2D eigenvalue weighted by molar-refractivity contribution is 6.30. The van der Waals surface area contributed by atoms with Crippen molar-refractivity contribution >= 4 is 35.0 Å². The number of anilines is 2. The van der Waals surface area contributed by atoms with E-state index in [0.717, 1.165) is 13.0 Å². The Morgan fingerprint density at radius 3 is 2.80 bits per heavy atom. The molecule has 1 saturated heterocycles. The molecule has 3 rings (SSSR count). The van der Waals surface area contributed by atoms with Crippen LogP contribution in [0.2, 0.25) is 5.02 Å². The van der Waals surface area contributed by atoms with Gasteiger partial charge in [0.1, 0.15) is 5.82 Å². The lowest BCUT2D eigenvalue weighted by molar-refractivity contribution is -0.141. The number of amides is 1. The molecule has 6 nitrogen and oxygen atoms in total. The van der Waals surface area contributed by atoms with Gasteiger partial charge in [0.15, 0.2) is 0 Å². The van der Waals surface area contributed by atoms with E-state index in [9.17, 15) is 14.7 Å². The molecule has 1 aliphatic heterocycles. The molecule has 25 heavy (non-hydrogen) atoms. The van der Waals surface area contributed by atoms with Crippen LogP contribution >= 0.6 is 11.6 Å². The van der Waals surface area contributed by atoms with Gasteiger partial charge in [-0.05, 0) is 43.2 Å². The standard InChI is InChI=1S/C18H18ClN3O3/c19-14-4-1-5-15(9-14)21-17(23)12-6-7-16(20-10-12)22-8-2-3-13(11-22)18(24)25/h1,4-7,9-10,13H,2-3,8,11H2,(H,21,23)(H,24,25). The Morgan fingerprint density at radius 2 is 2.12 bits per heavy atom. The third-order valence-electron chi connectivity index (χ3n) is 4.19. The number of carbonyl (C=O) groups excluding carboxylic acids is 1. The second kappa shape index (κ2) is 7.53. The minimum Gasteiger partial charge on any atom is -0.481 e. The van der Waals surface area contributed by atoms with Crippen molar-refractivity contribution in [3.8, 4) is 0 Å². The number of hydrogen-bond donors (Lipinski definition) is 2. The molecule has 7 heteroatoms. The van der Waals surface area contributed by atoms with Crippen molar-refractivity contribution in [3.63, 3.8) is 0 Å². The van der Waals surface area contributed by atoms with Gasteiger partial charge in [0, 0.05) is 30.0 Å². The molecule has 1 amide bonds. The van der Waals surface area contributed by atoms with Gasteiger partial charge in [-0.1, -0.05) is 17.7 Å². The summed E-state index contributed by atoms with van der Waals surface area (Å²) in [6.45, 7) is 1.21. The van der Waals surface area contributed by atoms with Crippen molar-refractivity contribution < 1.29 is 14.7 Å². The normalized spacial score (nSPS) is 17.2. The highest BCUT2D eigenvalue weighted by Gasteiger charge is 2.26. The summed E-state index contributed by atoms with van der Waals surface area (Å²) in [4.78, 5) is 29.7. The molecule has 1 aromatic carbocycles. The van der Waals surface area contributed by atoms with Crippen LogP contribution in [0.3, 0.4) is 0 Å². The van der Waals surface area contributed by atoms with Crippen LogP contribution in [0.1, 0.15) is 23.2 Å². The van der Waals surface area contributed by atoms with Crippen molar-refractivity contribution in [2.45, 2.75) is 12.8 Å². The number of benzene rings is 1. The minimum absolute atomic E-state index is 0.275. The first-order chi connectivity index (χ1) is 12.0. The van der Waals surface area contributed by atoms with E-state index in [1.807, 2.05) is 4.90 Å². The molecule has 0 bridgehead atoms. The predicted molar refractivity (Wildman–Crippen MR) is 96.2 cm³/mol. The topological polar surface area (TPSA) is 82.5 Å². The molecule has 0 saturated carbocycles. The predicted octanol–water partition coefficient (Wildman–Crippen LogP) is 3.29. The highest BCUT2D eigenvalue weighted by atomic mass is 35.5. The van der Waals surface area contributed by atoms with E-state index < -0.39 is 5.97 Å². The molecule has 1 fully saturated rings. The summed E-state index contributed by atoms with van der Waals surface area (Å²) in [6.07, 6.45) is 3.00. The van der Waals surface area contributed by atoms with Crippen LogP contribution in [0, 0.1) is 5.92 Å². The Morgan fingerprint density at radius 1 is 1.28 bits per heavy atom. The highest BCUT2D eigenvalue weighted by Crippen LogP contribution is 2.22. The van der Waals surface area contributed by atoms with Crippen LogP contribution in [-0.4, -0.2) is 35.1 Å². The number of halogens is 1. The SMILES string of the molecule is O=C(Nc1cccc(Cl)c1)c1ccc(N2CCCC(C(=O)O)C2)nc1. The van der Waals surface area contributed by atoms with Gasteiger partial charge in [-0.15, -0.1) is 0 Å². The van der Waals surface area contributed by atoms with Crippen molar-refractivity contribution in [3.05, 3.63) is 53.2 Å². The Hall–Kier alpha value is -2.60. The number of carboxylic acid groups (broad SMARTS) is 1. The fourth-order valence-electron chi connectivity index (χ4n) is 2.86. The average molecular weight is 360 g/mol. The van der Waals surface area contributed by atoms with Crippen LogP contribution in [0.4, 0.5) is 11.5 Å². The van der Waals surface area contributed by atoms with Gasteiger partial charge >= 0.3 is 5.97 Å². The summed E-state index contributed by atoms with van der Waals surface area (Å²) in [5, 5.41) is 12.5. The first kappa shape index (κ1) is 17.2. The third-order valence-corrected chi connectivity index (χ3v) is 4.42. The van der Waals surface area contributed by atoms with Gasteiger partial charge in [0.2, 0.25) is 0 Å². The summed E-state index contributed by atoms with van der Waals surface area (Å²) in [6, 6.07) is 10.3. The first-order valence-electron chi connectivity index (χ1n) is 8.03. The first-order valence-corrected chi connectivity index (χ1v) is 8.41. The second-order valence-electron chi connectivity index (χ2n) is 5.99. The smallest absolute Gasteiger partial charge is 0.308 e. The van der Waals surface area contributed by atoms with Crippen molar-refractivity contribution in [2.24, 2.45) is 5.92 Å². The number of carbonyl (C=O) groups is 2. The largest absolute Gasteiger partial charge is 0.481 e. The Bertz CT molecular complexity index is 779. The van der Waals surface area contributed by atoms with Gasteiger partial charge < -0.3 is 15.3 Å². The molecule has 2 N–H and O–H groups in total. The molecule has 0 aliphatic carbocycles. The quantitative estimate of drug-likeness (QED) is 0.875. The maximum atomic E-state index is 12.3. The molecule has 1 atom stereocenters. The lowest BCUT2D eigenvalue weighted by Gasteiger charge is -2.31. The van der Waals surface area contributed by atoms with E-state index in [0.29, 0.717) is 35.1 Å². The Labute approximate surface area is 150 Å². The lowest BCUT2D eigenvalue weighted by atomic mass is 9.98. The van der Waals surface area contributed by atoms with Crippen molar-refractivity contribution in [1.82, 2.24) is 4.98 Å². The second-order valence-corrected chi connectivity index (χ2v) is 6.43. The molecule has 1 aromatic heterocycles. The fourth-order valence-corrected chi connectivity index (χ4v) is 3.05. The summed E-state index contributed by atoms with van der Waals surface area (Å²) in [5.41, 5.74) is 1.04. The molecule has 1 unspecified atom stereocenters. The molecule has 130 valence electrons. The van der Waals surface area contributed by atoms with Crippen molar-refractivity contribution in [2.75, 3.05) is 23.3 Å². The van der Waals surface area contributed by atoms with Crippen LogP contribution < -0.4 is 10.2 Å². The van der Waals surface area contributed by atoms with E-state index in [1.54, 1.807) is 36.4 Å². The zero-order valence-electron chi connectivity index (χ0n) is 13.5. The maximum Gasteiger partial charge on any atom is 0.308 e. The number of aromatic nitrogens is 1. The molecule has 0 spiro atoms. The Kier molecular flexibility index (Phi) is 5.19. The van der Waals surface area contributed by atoms with Crippen molar-refractivity contribution in [1.29, 1.82) is 0 Å². The van der Waals surface area contributed by atoms with Gasteiger partial charge in [-0.2, -0.15) is 0 Å². The number of nitrogens with zero attached hydrogens (tertiary/aromatic N) is 2. The summed E-state index contributed by atoms with van der Waals surface area (Å²) >= 11 is 5.90. The van der Waals surface area contributed by atoms with E-state index in [-0.39, 0.29) is 11.8 Å². The number of nitrogens with one attached hydrogen (secondary N) is 1. The molecule has 1 aliphatic rings. The van der Waals surface area contributed by atoms with Crippen LogP contribution in [0.25, 0.3) is 0 Å². The van der Waals surface area contributed by atoms with Gasteiger partial charge in [-0.25, -0.2) is 4.98 Å². The number of rotatable bonds is 4. The average Bonchev–Trinajstić information content (AvgIpc) is 2.62. The number of piperidine rings is 1. The Balaban J connectivity index is 1.67. The molecule has 2 aromatic rings. The lowest BCUT2D eigenvalue weighted by Crippen LogP contribution is -2.39. The number of aliphatic carboxylic acids is 1.